The molecule has 0 bridgehead atoms. The number of hydrogen-bond acceptors (Lipinski definition) is 2. The van der Waals surface area contributed by atoms with Crippen LogP contribution in [0.2, 0.25) is 0 Å². The first-order chi connectivity index (χ1) is 28.0. The summed E-state index contributed by atoms with van der Waals surface area (Å²) < 4.78 is 0. The quantitative estimate of drug-likeness (QED) is 0.176. The molecule has 1 saturated carbocycles. The van der Waals surface area contributed by atoms with Gasteiger partial charge in [-0.2, -0.15) is 0 Å². The van der Waals surface area contributed by atoms with E-state index in [-0.39, 0.29) is 10.8 Å². The van der Waals surface area contributed by atoms with E-state index in [0.29, 0.717) is 0 Å². The molecule has 1 spiro atoms. The molecule has 0 N–H and O–H groups in total. The molecule has 0 saturated heterocycles. The highest BCUT2D eigenvalue weighted by molar-refractivity contribution is 5.96. The van der Waals surface area contributed by atoms with Gasteiger partial charge in [0.1, 0.15) is 0 Å². The monoisotopic (exact) mass is 732 g/mol. The van der Waals surface area contributed by atoms with Gasteiger partial charge in [-0.15, -0.1) is 0 Å². The van der Waals surface area contributed by atoms with Crippen LogP contribution in [0.1, 0.15) is 68.2 Å². The van der Waals surface area contributed by atoms with E-state index in [1.165, 1.54) is 82.2 Å². The Kier molecular flexibility index (Phi) is 7.80. The van der Waals surface area contributed by atoms with Crippen LogP contribution in [-0.2, 0) is 10.8 Å². The molecule has 57 heavy (non-hydrogen) atoms. The van der Waals surface area contributed by atoms with Crippen LogP contribution < -0.4 is 0 Å². The fourth-order valence-electron chi connectivity index (χ4n) is 10.4. The third kappa shape index (κ3) is 5.38. The third-order valence-corrected chi connectivity index (χ3v) is 13.3. The maximum Gasteiger partial charge on any atom is 0.160 e. The molecular weight excluding hydrogens is 689 g/mol. The van der Waals surface area contributed by atoms with E-state index in [1.54, 1.807) is 11.1 Å². The molecule has 0 radical (unpaired) electrons. The van der Waals surface area contributed by atoms with Gasteiger partial charge in [-0.1, -0.05) is 179 Å². The Morgan fingerprint density at radius 2 is 0.947 bits per heavy atom. The van der Waals surface area contributed by atoms with Crippen molar-refractivity contribution < 1.29 is 0 Å². The summed E-state index contributed by atoms with van der Waals surface area (Å²) in [5.74, 6) is 0.727. The number of benzene rings is 7. The van der Waals surface area contributed by atoms with Gasteiger partial charge in [0.2, 0.25) is 0 Å². The zero-order chi connectivity index (χ0) is 38.1. The van der Waals surface area contributed by atoms with Crippen molar-refractivity contribution in [3.63, 3.8) is 0 Å². The maximum absolute atomic E-state index is 5.10. The van der Waals surface area contributed by atoms with E-state index in [2.05, 4.69) is 159 Å². The highest BCUT2D eigenvalue weighted by Gasteiger charge is 2.46. The van der Waals surface area contributed by atoms with Crippen molar-refractivity contribution in [1.82, 2.24) is 9.97 Å². The lowest BCUT2D eigenvalue weighted by molar-refractivity contribution is 0.353. The first-order valence-corrected chi connectivity index (χ1v) is 20.6. The van der Waals surface area contributed by atoms with E-state index in [1.807, 2.05) is 24.3 Å². The molecule has 1 heterocycles. The van der Waals surface area contributed by atoms with Gasteiger partial charge in [0, 0.05) is 27.5 Å². The van der Waals surface area contributed by atoms with Gasteiger partial charge >= 0.3 is 0 Å². The second-order valence-corrected chi connectivity index (χ2v) is 16.8. The smallest absolute Gasteiger partial charge is 0.160 e. The number of hydrogen-bond donors (Lipinski definition) is 0. The van der Waals surface area contributed by atoms with E-state index in [9.17, 15) is 0 Å². The van der Waals surface area contributed by atoms with Crippen molar-refractivity contribution in [1.29, 1.82) is 0 Å². The molecule has 1 fully saturated rings. The third-order valence-electron chi connectivity index (χ3n) is 13.3. The molecule has 2 nitrogen and oxygen atoms in total. The lowest BCUT2D eigenvalue weighted by Crippen LogP contribution is -2.28. The fraction of sp³-hybridized carbons (Fsp3) is 0.164. The Balaban J connectivity index is 0.977. The fourth-order valence-corrected chi connectivity index (χ4v) is 10.4. The molecule has 3 aliphatic rings. The van der Waals surface area contributed by atoms with Crippen LogP contribution in [0.5, 0.6) is 0 Å². The van der Waals surface area contributed by atoms with Gasteiger partial charge in [-0.3, -0.25) is 0 Å². The summed E-state index contributed by atoms with van der Waals surface area (Å²) in [7, 11) is 0. The standard InChI is InChI=1S/C55H44N2/c1-54(2)47-25-15-23-42(52(47)45-34-49-44(33-48(45)54)43-22-10-11-24-46(43)55(49)30-12-5-13-31-55)37-28-26-36(27-29-37)40-20-14-21-41(32-40)51-35-50(38-16-6-3-7-17-38)56-53(57-51)39-18-8-4-9-19-39/h3-4,6-11,14-29,32-35H,5,12-13,30-31H2,1-2H3. The highest BCUT2D eigenvalue weighted by atomic mass is 14.9. The van der Waals surface area contributed by atoms with Gasteiger partial charge in [0.05, 0.1) is 11.4 Å². The maximum atomic E-state index is 5.10. The molecule has 7 aromatic carbocycles. The summed E-state index contributed by atoms with van der Waals surface area (Å²) in [6.45, 7) is 4.84. The molecular formula is C55H44N2. The van der Waals surface area contributed by atoms with Gasteiger partial charge in [-0.25, -0.2) is 9.97 Å². The van der Waals surface area contributed by atoms with Gasteiger partial charge in [-0.05, 0) is 104 Å². The number of fused-ring (bicyclic) bond motifs is 8. The van der Waals surface area contributed by atoms with Crippen LogP contribution in [0.4, 0.5) is 0 Å². The predicted octanol–water partition coefficient (Wildman–Crippen LogP) is 14.3. The van der Waals surface area contributed by atoms with E-state index < -0.39 is 0 Å². The number of aromatic nitrogens is 2. The first-order valence-electron chi connectivity index (χ1n) is 20.6. The molecule has 0 unspecified atom stereocenters. The van der Waals surface area contributed by atoms with Crippen molar-refractivity contribution in [2.45, 2.75) is 56.8 Å². The zero-order valence-electron chi connectivity index (χ0n) is 32.6. The molecule has 1 aromatic heterocycles. The lowest BCUT2D eigenvalue weighted by atomic mass is 9.67. The summed E-state index contributed by atoms with van der Waals surface area (Å²) >= 11 is 0. The Bertz CT molecular complexity index is 2770. The van der Waals surface area contributed by atoms with Crippen molar-refractivity contribution >= 4 is 0 Å². The Morgan fingerprint density at radius 1 is 0.368 bits per heavy atom. The summed E-state index contributed by atoms with van der Waals surface area (Å²) in [4.78, 5) is 10.1. The molecule has 8 aromatic rings. The van der Waals surface area contributed by atoms with Crippen molar-refractivity contribution in [3.05, 3.63) is 192 Å². The molecule has 3 aliphatic carbocycles. The van der Waals surface area contributed by atoms with Crippen LogP contribution in [0.15, 0.2) is 170 Å². The van der Waals surface area contributed by atoms with Crippen LogP contribution in [0.25, 0.3) is 78.4 Å². The van der Waals surface area contributed by atoms with Crippen LogP contribution in [-0.4, -0.2) is 9.97 Å². The van der Waals surface area contributed by atoms with E-state index >= 15 is 0 Å². The van der Waals surface area contributed by atoms with Gasteiger partial charge in [0.25, 0.3) is 0 Å². The Hall–Kier alpha value is -6.38. The topological polar surface area (TPSA) is 25.8 Å². The highest BCUT2D eigenvalue weighted by Crippen LogP contribution is 2.60. The predicted molar refractivity (Wildman–Crippen MR) is 236 cm³/mol. The van der Waals surface area contributed by atoms with Crippen molar-refractivity contribution in [2.24, 2.45) is 0 Å². The molecule has 0 atom stereocenters. The minimum Gasteiger partial charge on any atom is -0.228 e. The molecule has 0 amide bonds. The van der Waals surface area contributed by atoms with E-state index in [4.69, 9.17) is 9.97 Å². The number of rotatable bonds is 5. The largest absolute Gasteiger partial charge is 0.228 e. The SMILES string of the molecule is CC1(C)c2cc3c(cc2-c2c(-c4ccc(-c5cccc(-c6cc(-c7ccccc7)nc(-c7ccccc7)n6)c5)cc4)cccc21)C1(CCCCC1)c1ccccc1-3. The molecule has 274 valence electrons. The van der Waals surface area contributed by atoms with Crippen LogP contribution in [0, 0.1) is 0 Å². The average Bonchev–Trinajstić information content (AvgIpc) is 3.67. The van der Waals surface area contributed by atoms with Crippen molar-refractivity contribution in [2.75, 3.05) is 0 Å². The normalized spacial score (nSPS) is 15.5. The summed E-state index contributed by atoms with van der Waals surface area (Å²) in [5, 5.41) is 0. The van der Waals surface area contributed by atoms with Crippen LogP contribution in [0.3, 0.4) is 0 Å². The first kappa shape index (κ1) is 33.9. The van der Waals surface area contributed by atoms with E-state index in [0.717, 1.165) is 39.5 Å². The van der Waals surface area contributed by atoms with Crippen molar-refractivity contribution in [3.8, 4) is 78.4 Å². The Labute approximate surface area is 336 Å². The summed E-state index contributed by atoms with van der Waals surface area (Å²) in [6.07, 6.45) is 6.44. The van der Waals surface area contributed by atoms with Gasteiger partial charge in [0.15, 0.2) is 5.82 Å². The second-order valence-electron chi connectivity index (χ2n) is 16.8. The van der Waals surface area contributed by atoms with Gasteiger partial charge < -0.3 is 0 Å². The minimum absolute atomic E-state index is 0.0882. The number of nitrogens with zero attached hydrogens (tertiary/aromatic N) is 2. The summed E-state index contributed by atoms with van der Waals surface area (Å²) in [5.41, 5.74) is 21.7. The minimum atomic E-state index is -0.0882. The Morgan fingerprint density at radius 3 is 1.72 bits per heavy atom. The lowest BCUT2D eigenvalue weighted by Gasteiger charge is -2.36. The van der Waals surface area contributed by atoms with Crippen LogP contribution >= 0.6 is 0 Å². The molecule has 11 rings (SSSR count). The molecule has 0 aliphatic heterocycles. The molecule has 2 heteroatoms. The zero-order valence-corrected chi connectivity index (χ0v) is 32.6. The summed E-state index contributed by atoms with van der Waals surface area (Å²) in [6, 6.07) is 62.2. The second kappa shape index (κ2) is 13.1. The average molecular weight is 733 g/mol.